The summed E-state index contributed by atoms with van der Waals surface area (Å²) in [6.45, 7) is 2.82. The third kappa shape index (κ3) is 2.44. The van der Waals surface area contributed by atoms with Gasteiger partial charge in [-0.1, -0.05) is 0 Å². The van der Waals surface area contributed by atoms with E-state index in [2.05, 4.69) is 4.98 Å². The first-order valence-electron chi connectivity index (χ1n) is 4.98. The Hall–Kier alpha value is -1.17. The van der Waals surface area contributed by atoms with Crippen LogP contribution in [0.1, 0.15) is 11.8 Å². The van der Waals surface area contributed by atoms with Gasteiger partial charge < -0.3 is 15.6 Å². The second-order valence-corrected chi connectivity index (χ2v) is 3.54. The molecular weight excluding hydrogens is 194 g/mol. The minimum Gasteiger partial charge on any atom is -0.384 e. The SMILES string of the molecule is Nc1ccc(C(O)N2CCOCC2)cn1. The van der Waals surface area contributed by atoms with Crippen LogP contribution in [0.15, 0.2) is 18.3 Å². The minimum atomic E-state index is -0.609. The highest BCUT2D eigenvalue weighted by molar-refractivity contribution is 5.29. The number of aliphatic hydroxyl groups is 1. The molecule has 15 heavy (non-hydrogen) atoms. The largest absolute Gasteiger partial charge is 0.384 e. The molecule has 2 heterocycles. The summed E-state index contributed by atoms with van der Waals surface area (Å²) in [5.74, 6) is 0.466. The van der Waals surface area contributed by atoms with E-state index in [4.69, 9.17) is 10.5 Å². The molecule has 0 spiro atoms. The fourth-order valence-corrected chi connectivity index (χ4v) is 1.60. The van der Waals surface area contributed by atoms with E-state index in [-0.39, 0.29) is 0 Å². The molecular formula is C10H15N3O2. The maximum atomic E-state index is 10.0. The molecule has 5 nitrogen and oxygen atoms in total. The van der Waals surface area contributed by atoms with Crippen molar-refractivity contribution in [2.75, 3.05) is 32.0 Å². The van der Waals surface area contributed by atoms with Gasteiger partial charge in [-0.05, 0) is 12.1 Å². The molecule has 1 saturated heterocycles. The molecule has 2 rings (SSSR count). The number of pyridine rings is 1. The number of anilines is 1. The Morgan fingerprint density at radius 1 is 1.40 bits per heavy atom. The van der Waals surface area contributed by atoms with Gasteiger partial charge in [-0.2, -0.15) is 0 Å². The van der Waals surface area contributed by atoms with Crippen molar-refractivity contribution in [3.05, 3.63) is 23.9 Å². The summed E-state index contributed by atoms with van der Waals surface area (Å²) in [5, 5.41) is 10.0. The van der Waals surface area contributed by atoms with Crippen LogP contribution in [0.2, 0.25) is 0 Å². The van der Waals surface area contributed by atoms with E-state index in [0.29, 0.717) is 19.0 Å². The highest BCUT2D eigenvalue weighted by Gasteiger charge is 2.19. The zero-order chi connectivity index (χ0) is 10.7. The Morgan fingerprint density at radius 3 is 2.73 bits per heavy atom. The molecule has 0 bridgehead atoms. The van der Waals surface area contributed by atoms with Crippen LogP contribution in [-0.2, 0) is 4.74 Å². The zero-order valence-corrected chi connectivity index (χ0v) is 8.47. The molecule has 1 aliphatic rings. The summed E-state index contributed by atoms with van der Waals surface area (Å²) in [4.78, 5) is 5.91. The number of morpholine rings is 1. The first kappa shape index (κ1) is 10.4. The molecule has 0 amide bonds. The molecule has 1 atom stereocenters. The van der Waals surface area contributed by atoms with E-state index in [9.17, 15) is 5.11 Å². The van der Waals surface area contributed by atoms with Crippen molar-refractivity contribution in [1.82, 2.24) is 9.88 Å². The Balaban J connectivity index is 2.05. The minimum absolute atomic E-state index is 0.466. The van der Waals surface area contributed by atoms with Crippen LogP contribution >= 0.6 is 0 Å². The number of nitrogens with two attached hydrogens (primary N) is 1. The van der Waals surface area contributed by atoms with Gasteiger partial charge in [-0.15, -0.1) is 0 Å². The van der Waals surface area contributed by atoms with Crippen molar-refractivity contribution in [2.45, 2.75) is 6.23 Å². The second-order valence-electron chi connectivity index (χ2n) is 3.54. The number of rotatable bonds is 2. The van der Waals surface area contributed by atoms with E-state index >= 15 is 0 Å². The van der Waals surface area contributed by atoms with Gasteiger partial charge in [0.15, 0.2) is 0 Å². The molecule has 1 fully saturated rings. The summed E-state index contributed by atoms with van der Waals surface area (Å²) in [6.07, 6.45) is 0.997. The van der Waals surface area contributed by atoms with Gasteiger partial charge in [0, 0.05) is 24.8 Å². The second kappa shape index (κ2) is 4.57. The van der Waals surface area contributed by atoms with Gasteiger partial charge in [-0.3, -0.25) is 4.90 Å². The first-order chi connectivity index (χ1) is 7.27. The van der Waals surface area contributed by atoms with Crippen molar-refractivity contribution in [1.29, 1.82) is 0 Å². The van der Waals surface area contributed by atoms with Gasteiger partial charge >= 0.3 is 0 Å². The summed E-state index contributed by atoms with van der Waals surface area (Å²) in [7, 11) is 0. The molecule has 0 aliphatic carbocycles. The molecule has 5 heteroatoms. The van der Waals surface area contributed by atoms with Crippen molar-refractivity contribution < 1.29 is 9.84 Å². The van der Waals surface area contributed by atoms with E-state index in [1.54, 1.807) is 18.3 Å². The van der Waals surface area contributed by atoms with E-state index in [1.165, 1.54) is 0 Å². The highest BCUT2D eigenvalue weighted by Crippen LogP contribution is 2.18. The van der Waals surface area contributed by atoms with Gasteiger partial charge in [0.05, 0.1) is 13.2 Å². The zero-order valence-electron chi connectivity index (χ0n) is 8.47. The average Bonchev–Trinajstić information content (AvgIpc) is 2.30. The van der Waals surface area contributed by atoms with Crippen LogP contribution < -0.4 is 5.73 Å². The lowest BCUT2D eigenvalue weighted by molar-refractivity contribution is -0.0604. The molecule has 0 aromatic carbocycles. The molecule has 3 N–H and O–H groups in total. The molecule has 0 radical (unpaired) electrons. The van der Waals surface area contributed by atoms with Gasteiger partial charge in [0.2, 0.25) is 0 Å². The van der Waals surface area contributed by atoms with Gasteiger partial charge in [-0.25, -0.2) is 4.98 Å². The molecule has 82 valence electrons. The summed E-state index contributed by atoms with van der Waals surface area (Å²) in [5.41, 5.74) is 6.25. The van der Waals surface area contributed by atoms with Crippen molar-refractivity contribution in [2.24, 2.45) is 0 Å². The maximum absolute atomic E-state index is 10.0. The monoisotopic (exact) mass is 209 g/mol. The Kier molecular flexibility index (Phi) is 3.15. The standard InChI is InChI=1S/C10H15N3O2/c11-9-2-1-8(7-12-9)10(14)13-3-5-15-6-4-13/h1-2,7,10,14H,3-6H2,(H2,11,12). The number of aromatic nitrogens is 1. The normalized spacial score (nSPS) is 20.1. The van der Waals surface area contributed by atoms with Crippen LogP contribution in [0.25, 0.3) is 0 Å². The fourth-order valence-electron chi connectivity index (χ4n) is 1.60. The predicted octanol–water partition coefficient (Wildman–Crippen LogP) is -0.0131. The number of nitrogen functional groups attached to an aromatic ring is 1. The Labute approximate surface area is 88.5 Å². The Bertz CT molecular complexity index is 309. The lowest BCUT2D eigenvalue weighted by Gasteiger charge is -2.31. The van der Waals surface area contributed by atoms with Crippen LogP contribution in [0.4, 0.5) is 5.82 Å². The number of aliphatic hydroxyl groups excluding tert-OH is 1. The molecule has 1 unspecified atom stereocenters. The van der Waals surface area contributed by atoms with Gasteiger partial charge in [0.25, 0.3) is 0 Å². The molecule has 1 aromatic rings. The van der Waals surface area contributed by atoms with Crippen LogP contribution in [-0.4, -0.2) is 41.3 Å². The third-order valence-corrected chi connectivity index (χ3v) is 2.50. The fraction of sp³-hybridized carbons (Fsp3) is 0.500. The lowest BCUT2D eigenvalue weighted by Crippen LogP contribution is -2.39. The number of hydrogen-bond donors (Lipinski definition) is 2. The Morgan fingerprint density at radius 2 is 2.13 bits per heavy atom. The smallest absolute Gasteiger partial charge is 0.135 e. The summed E-state index contributed by atoms with van der Waals surface area (Å²) >= 11 is 0. The molecule has 1 aliphatic heterocycles. The molecule has 0 saturated carbocycles. The average molecular weight is 209 g/mol. The van der Waals surface area contributed by atoms with Crippen molar-refractivity contribution in [3.8, 4) is 0 Å². The first-order valence-corrected chi connectivity index (χ1v) is 4.98. The third-order valence-electron chi connectivity index (χ3n) is 2.50. The van der Waals surface area contributed by atoms with E-state index in [0.717, 1.165) is 18.7 Å². The maximum Gasteiger partial charge on any atom is 0.135 e. The van der Waals surface area contributed by atoms with Crippen molar-refractivity contribution in [3.63, 3.8) is 0 Å². The highest BCUT2D eigenvalue weighted by atomic mass is 16.5. The van der Waals surface area contributed by atoms with E-state index in [1.807, 2.05) is 4.90 Å². The van der Waals surface area contributed by atoms with Crippen LogP contribution in [0.5, 0.6) is 0 Å². The number of nitrogens with zero attached hydrogens (tertiary/aromatic N) is 2. The summed E-state index contributed by atoms with van der Waals surface area (Å²) in [6, 6.07) is 3.49. The number of ether oxygens (including phenoxy) is 1. The summed E-state index contributed by atoms with van der Waals surface area (Å²) < 4.78 is 5.22. The van der Waals surface area contributed by atoms with Crippen LogP contribution in [0, 0.1) is 0 Å². The predicted molar refractivity (Wildman–Crippen MR) is 56.0 cm³/mol. The molecule has 1 aromatic heterocycles. The van der Waals surface area contributed by atoms with Crippen molar-refractivity contribution >= 4 is 5.82 Å². The van der Waals surface area contributed by atoms with E-state index < -0.39 is 6.23 Å². The van der Waals surface area contributed by atoms with Crippen LogP contribution in [0.3, 0.4) is 0 Å². The quantitative estimate of drug-likeness (QED) is 0.716. The van der Waals surface area contributed by atoms with Gasteiger partial charge in [0.1, 0.15) is 12.0 Å². The topological polar surface area (TPSA) is 71.6 Å². The lowest BCUT2D eigenvalue weighted by atomic mass is 10.2. The number of hydrogen-bond acceptors (Lipinski definition) is 5.